The smallest absolute Gasteiger partial charge is 0.365 e. The Balaban J connectivity index is 4.85. The summed E-state index contributed by atoms with van der Waals surface area (Å²) in [5.74, 6) is 0. The van der Waals surface area contributed by atoms with Gasteiger partial charge in [0.05, 0.1) is 17.4 Å². The van der Waals surface area contributed by atoms with Crippen molar-refractivity contribution < 1.29 is 25.9 Å². The zero-order chi connectivity index (χ0) is 12.7. The van der Waals surface area contributed by atoms with E-state index in [4.69, 9.17) is 13.3 Å². The van der Waals surface area contributed by atoms with Crippen molar-refractivity contribution in [3.05, 3.63) is 0 Å². The lowest BCUT2D eigenvalue weighted by atomic mass is 10.9. The molecule has 0 spiro atoms. The van der Waals surface area contributed by atoms with Crippen molar-refractivity contribution in [2.24, 2.45) is 0 Å². The summed E-state index contributed by atoms with van der Waals surface area (Å²) in [6, 6.07) is 0. The van der Waals surface area contributed by atoms with Crippen LogP contribution in [0.1, 0.15) is 20.8 Å². The molecule has 0 atom stereocenters. The van der Waals surface area contributed by atoms with E-state index in [0.29, 0.717) is 30.1 Å². The van der Waals surface area contributed by atoms with E-state index in [9.17, 15) is 8.42 Å². The zero-order valence-electron chi connectivity index (χ0n) is 9.89. The van der Waals surface area contributed by atoms with E-state index in [2.05, 4.69) is 4.18 Å². The molecule has 0 aliphatic rings. The second-order valence-electron chi connectivity index (χ2n) is 2.46. The van der Waals surface area contributed by atoms with Crippen molar-refractivity contribution in [2.75, 3.05) is 26.9 Å². The molecule has 98 valence electrons. The minimum absolute atomic E-state index is 0.318. The molecule has 0 N–H and O–H groups in total. The van der Waals surface area contributed by atoms with E-state index < -0.39 is 17.1 Å². The second kappa shape index (κ2) is 7.64. The van der Waals surface area contributed by atoms with Gasteiger partial charge in [-0.3, -0.25) is 4.18 Å². The van der Waals surface area contributed by atoms with Crippen LogP contribution in [0.4, 0.5) is 0 Å². The first-order valence-corrected chi connectivity index (χ1v) is 10.1. The van der Waals surface area contributed by atoms with Crippen molar-refractivity contribution in [2.45, 2.75) is 20.8 Å². The Morgan fingerprint density at radius 1 is 1.00 bits per heavy atom. The third-order valence-electron chi connectivity index (χ3n) is 1.37. The Morgan fingerprint density at radius 3 is 1.62 bits per heavy atom. The highest BCUT2D eigenvalue weighted by atomic mass is 33.2. The van der Waals surface area contributed by atoms with E-state index in [1.54, 1.807) is 20.8 Å². The highest BCUT2D eigenvalue weighted by Crippen LogP contribution is 2.30. The van der Waals surface area contributed by atoms with E-state index in [-0.39, 0.29) is 0 Å². The molecule has 0 aromatic rings. The van der Waals surface area contributed by atoms with Crippen LogP contribution in [0.15, 0.2) is 0 Å². The largest absolute Gasteiger partial charge is 0.591 e. The third kappa shape index (κ3) is 5.62. The summed E-state index contributed by atoms with van der Waals surface area (Å²) < 4.78 is 43.2. The molecule has 0 saturated heterocycles. The predicted molar refractivity (Wildman–Crippen MR) is 64.2 cm³/mol. The van der Waals surface area contributed by atoms with Gasteiger partial charge in [0.15, 0.2) is 0 Å². The number of rotatable bonds is 9. The van der Waals surface area contributed by atoms with Gasteiger partial charge < -0.3 is 13.3 Å². The average molecular weight is 290 g/mol. The standard InChI is InChI=1S/C7H18O6S2Si/c1-5-11-16(12-6-2,13-7-3)14-15(8,9)10-4/h5-7H2,1-4H3. The minimum Gasteiger partial charge on any atom is -0.365 e. The van der Waals surface area contributed by atoms with Crippen LogP contribution in [0, 0.1) is 0 Å². The van der Waals surface area contributed by atoms with Gasteiger partial charge in [-0.2, -0.15) is 8.42 Å². The molecule has 0 bridgehead atoms. The SMILES string of the molecule is CCO[Si](OCC)(OCC)SS(=O)(=O)OC. The van der Waals surface area contributed by atoms with Gasteiger partial charge >= 0.3 is 17.1 Å². The van der Waals surface area contributed by atoms with Crippen LogP contribution in [-0.4, -0.2) is 43.3 Å². The van der Waals surface area contributed by atoms with Gasteiger partial charge in [0.2, 0.25) is 0 Å². The van der Waals surface area contributed by atoms with Gasteiger partial charge in [-0.05, 0) is 20.8 Å². The lowest BCUT2D eigenvalue weighted by Gasteiger charge is -2.25. The maximum atomic E-state index is 11.4. The van der Waals surface area contributed by atoms with Gasteiger partial charge in [0.1, 0.15) is 0 Å². The molecule has 0 aliphatic heterocycles. The number of hydrogen-bond donors (Lipinski definition) is 0. The Hall–Kier alpha value is 0.357. The van der Waals surface area contributed by atoms with Crippen LogP contribution in [0.2, 0.25) is 0 Å². The van der Waals surface area contributed by atoms with Crippen molar-refractivity contribution in [3.8, 4) is 0 Å². The molecule has 9 heteroatoms. The fourth-order valence-corrected chi connectivity index (χ4v) is 9.27. The maximum absolute atomic E-state index is 11.4. The molecular weight excluding hydrogens is 272 g/mol. The first-order valence-electron chi connectivity index (χ1n) is 4.88. The second-order valence-corrected chi connectivity index (χ2v) is 10.4. The van der Waals surface area contributed by atoms with Gasteiger partial charge in [-0.15, -0.1) is 0 Å². The Morgan fingerprint density at radius 2 is 1.38 bits per heavy atom. The van der Waals surface area contributed by atoms with Crippen LogP contribution < -0.4 is 0 Å². The van der Waals surface area contributed by atoms with Crippen LogP contribution in [-0.2, 0) is 26.6 Å². The molecule has 0 fully saturated rings. The third-order valence-corrected chi connectivity index (χ3v) is 10.5. The topological polar surface area (TPSA) is 71.1 Å². The van der Waals surface area contributed by atoms with Gasteiger partial charge in [0.25, 0.3) is 0 Å². The van der Waals surface area contributed by atoms with E-state index in [1.807, 2.05) is 0 Å². The highest BCUT2D eigenvalue weighted by molar-refractivity contribution is 8.81. The van der Waals surface area contributed by atoms with Crippen molar-refractivity contribution >= 4 is 27.3 Å². The Bertz CT molecular complexity index is 264. The summed E-state index contributed by atoms with van der Waals surface area (Å²) in [7, 11) is -5.41. The fourth-order valence-electron chi connectivity index (χ4n) is 0.887. The molecule has 0 unspecified atom stereocenters. The van der Waals surface area contributed by atoms with Crippen LogP contribution in [0.25, 0.3) is 0 Å². The summed E-state index contributed by atoms with van der Waals surface area (Å²) in [5.41, 5.74) is 0. The van der Waals surface area contributed by atoms with Gasteiger partial charge in [0, 0.05) is 19.8 Å². The summed E-state index contributed by atoms with van der Waals surface area (Å²) in [4.78, 5) is 0. The predicted octanol–water partition coefficient (Wildman–Crippen LogP) is 1.16. The van der Waals surface area contributed by atoms with Crippen molar-refractivity contribution in [1.82, 2.24) is 0 Å². The highest BCUT2D eigenvalue weighted by Gasteiger charge is 2.48. The van der Waals surface area contributed by atoms with Crippen molar-refractivity contribution in [3.63, 3.8) is 0 Å². The molecule has 16 heavy (non-hydrogen) atoms. The first-order chi connectivity index (χ1) is 7.45. The lowest BCUT2D eigenvalue weighted by molar-refractivity contribution is 0.0970. The number of hydrogen-bond acceptors (Lipinski definition) is 7. The maximum Gasteiger partial charge on any atom is 0.591 e. The van der Waals surface area contributed by atoms with Crippen LogP contribution in [0.5, 0.6) is 0 Å². The Labute approximate surface area is 101 Å². The van der Waals surface area contributed by atoms with Gasteiger partial charge in [-0.25, -0.2) is 0 Å². The summed E-state index contributed by atoms with van der Waals surface area (Å²) in [5, 5.41) is 0. The molecule has 0 heterocycles. The van der Waals surface area contributed by atoms with Gasteiger partial charge in [-0.1, -0.05) is 0 Å². The minimum atomic E-state index is -3.74. The van der Waals surface area contributed by atoms with Crippen LogP contribution >= 0.6 is 10.2 Å². The zero-order valence-corrected chi connectivity index (χ0v) is 12.5. The summed E-state index contributed by atoms with van der Waals surface area (Å²) in [6.45, 7) is 6.20. The van der Waals surface area contributed by atoms with E-state index in [1.165, 1.54) is 0 Å². The molecule has 0 aliphatic carbocycles. The summed E-state index contributed by atoms with van der Waals surface area (Å²) in [6.07, 6.45) is 0. The quantitative estimate of drug-likeness (QED) is 0.466. The first kappa shape index (κ1) is 16.4. The lowest BCUT2D eigenvalue weighted by Crippen LogP contribution is -2.44. The molecule has 0 aromatic carbocycles. The molecule has 0 rings (SSSR count). The summed E-state index contributed by atoms with van der Waals surface area (Å²) >= 11 is 0. The average Bonchev–Trinajstić information content (AvgIpc) is 2.18. The van der Waals surface area contributed by atoms with E-state index >= 15 is 0 Å². The molecule has 6 nitrogen and oxygen atoms in total. The Kier molecular flexibility index (Phi) is 7.81. The monoisotopic (exact) mass is 290 g/mol. The normalized spacial score (nSPS) is 13.0. The fraction of sp³-hybridized carbons (Fsp3) is 1.00. The molecule has 0 saturated carbocycles. The van der Waals surface area contributed by atoms with E-state index in [0.717, 1.165) is 7.11 Å². The molecule has 0 amide bonds. The molecule has 0 aromatic heterocycles. The molecular formula is C7H18O6S2Si. The van der Waals surface area contributed by atoms with Crippen LogP contribution in [0.3, 0.4) is 0 Å². The van der Waals surface area contributed by atoms with Crippen molar-refractivity contribution in [1.29, 1.82) is 0 Å². The molecule has 0 radical (unpaired) electrons.